The molecule has 4 nitrogen and oxygen atoms in total. The number of hydrogen-bond donors (Lipinski definition) is 1. The standard InChI is InChI=1S/C13H18N2O2/c16-13(12-5-3-9-17-12)14-10-6-8-15-7-2-1-4-11(10)15/h3,5,9-11H,1-2,4,6-8H2,(H,14,16)/t10-,11+/m0/s1. The highest BCUT2D eigenvalue weighted by Gasteiger charge is 2.36. The van der Waals surface area contributed by atoms with Crippen molar-refractivity contribution < 1.29 is 9.21 Å². The second-order valence-corrected chi connectivity index (χ2v) is 4.95. The molecule has 0 radical (unpaired) electrons. The van der Waals surface area contributed by atoms with E-state index in [9.17, 15) is 4.79 Å². The van der Waals surface area contributed by atoms with Crippen LogP contribution in [-0.4, -0.2) is 36.0 Å². The molecular formula is C13H18N2O2. The SMILES string of the molecule is O=C(N[C@H]1CCN2CCCC[C@H]12)c1ccco1. The molecule has 0 unspecified atom stereocenters. The van der Waals surface area contributed by atoms with E-state index in [0.29, 0.717) is 17.8 Å². The van der Waals surface area contributed by atoms with Crippen LogP contribution in [0.1, 0.15) is 36.2 Å². The fourth-order valence-electron chi connectivity index (χ4n) is 3.06. The van der Waals surface area contributed by atoms with Gasteiger partial charge >= 0.3 is 0 Å². The Bertz CT molecular complexity index is 388. The van der Waals surface area contributed by atoms with E-state index in [1.807, 2.05) is 0 Å². The van der Waals surface area contributed by atoms with E-state index in [0.717, 1.165) is 13.0 Å². The number of fused-ring (bicyclic) bond motifs is 1. The van der Waals surface area contributed by atoms with Gasteiger partial charge in [-0.05, 0) is 37.9 Å². The smallest absolute Gasteiger partial charge is 0.287 e. The van der Waals surface area contributed by atoms with Gasteiger partial charge in [0.15, 0.2) is 5.76 Å². The monoisotopic (exact) mass is 234 g/mol. The van der Waals surface area contributed by atoms with E-state index >= 15 is 0 Å². The Balaban J connectivity index is 1.64. The molecule has 2 aliphatic heterocycles. The number of nitrogens with one attached hydrogen (secondary N) is 1. The number of amides is 1. The van der Waals surface area contributed by atoms with Crippen LogP contribution in [0, 0.1) is 0 Å². The molecule has 0 aromatic carbocycles. The first-order valence-corrected chi connectivity index (χ1v) is 6.43. The van der Waals surface area contributed by atoms with Crippen molar-refractivity contribution in [2.45, 2.75) is 37.8 Å². The van der Waals surface area contributed by atoms with E-state index in [-0.39, 0.29) is 5.91 Å². The summed E-state index contributed by atoms with van der Waals surface area (Å²) in [6.45, 7) is 2.31. The van der Waals surface area contributed by atoms with Crippen molar-refractivity contribution in [3.63, 3.8) is 0 Å². The summed E-state index contributed by atoms with van der Waals surface area (Å²) in [5.41, 5.74) is 0. The van der Waals surface area contributed by atoms with Gasteiger partial charge in [-0.3, -0.25) is 9.69 Å². The van der Waals surface area contributed by atoms with Gasteiger partial charge in [-0.2, -0.15) is 0 Å². The van der Waals surface area contributed by atoms with Gasteiger partial charge in [0.1, 0.15) is 0 Å². The van der Waals surface area contributed by atoms with Gasteiger partial charge in [0.2, 0.25) is 0 Å². The third-order valence-electron chi connectivity index (χ3n) is 3.92. The largest absolute Gasteiger partial charge is 0.459 e. The summed E-state index contributed by atoms with van der Waals surface area (Å²) >= 11 is 0. The first-order valence-electron chi connectivity index (χ1n) is 6.43. The molecule has 17 heavy (non-hydrogen) atoms. The lowest BCUT2D eigenvalue weighted by atomic mass is 9.99. The average Bonchev–Trinajstić information content (AvgIpc) is 2.98. The van der Waals surface area contributed by atoms with Gasteiger partial charge < -0.3 is 9.73 Å². The van der Waals surface area contributed by atoms with Crippen LogP contribution in [0.4, 0.5) is 0 Å². The van der Waals surface area contributed by atoms with E-state index in [1.165, 1.54) is 32.1 Å². The predicted molar refractivity (Wildman–Crippen MR) is 63.8 cm³/mol. The number of nitrogens with zero attached hydrogens (tertiary/aromatic N) is 1. The molecule has 2 aliphatic rings. The van der Waals surface area contributed by atoms with E-state index in [1.54, 1.807) is 12.1 Å². The summed E-state index contributed by atoms with van der Waals surface area (Å²) in [5, 5.41) is 3.11. The van der Waals surface area contributed by atoms with Gasteiger partial charge in [0.25, 0.3) is 5.91 Å². The van der Waals surface area contributed by atoms with Gasteiger partial charge in [-0.1, -0.05) is 6.42 Å². The third kappa shape index (κ3) is 2.09. The summed E-state index contributed by atoms with van der Waals surface area (Å²) in [4.78, 5) is 14.4. The predicted octanol–water partition coefficient (Wildman–Crippen LogP) is 1.64. The van der Waals surface area contributed by atoms with Gasteiger partial charge in [0, 0.05) is 18.6 Å². The van der Waals surface area contributed by atoms with Gasteiger partial charge in [-0.25, -0.2) is 0 Å². The lowest BCUT2D eigenvalue weighted by molar-refractivity contribution is 0.0887. The van der Waals surface area contributed by atoms with Crippen LogP contribution in [0.5, 0.6) is 0 Å². The molecule has 1 aromatic heterocycles. The van der Waals surface area contributed by atoms with E-state index < -0.39 is 0 Å². The van der Waals surface area contributed by atoms with Crippen molar-refractivity contribution in [2.24, 2.45) is 0 Å². The van der Waals surface area contributed by atoms with Crippen molar-refractivity contribution in [3.05, 3.63) is 24.2 Å². The molecule has 3 heterocycles. The molecule has 4 heteroatoms. The highest BCUT2D eigenvalue weighted by atomic mass is 16.3. The van der Waals surface area contributed by atoms with E-state index in [2.05, 4.69) is 10.2 Å². The van der Waals surface area contributed by atoms with Crippen LogP contribution in [-0.2, 0) is 0 Å². The molecule has 2 atom stereocenters. The van der Waals surface area contributed by atoms with Crippen LogP contribution in [0.15, 0.2) is 22.8 Å². The fraction of sp³-hybridized carbons (Fsp3) is 0.615. The van der Waals surface area contributed by atoms with Gasteiger partial charge in [-0.15, -0.1) is 0 Å². The van der Waals surface area contributed by atoms with E-state index in [4.69, 9.17) is 4.42 Å². The second kappa shape index (κ2) is 4.53. The average molecular weight is 234 g/mol. The zero-order chi connectivity index (χ0) is 11.7. The molecule has 1 aromatic rings. The lowest BCUT2D eigenvalue weighted by Gasteiger charge is -2.32. The third-order valence-corrected chi connectivity index (χ3v) is 3.92. The van der Waals surface area contributed by atoms with Crippen LogP contribution in [0.2, 0.25) is 0 Å². The second-order valence-electron chi connectivity index (χ2n) is 4.95. The van der Waals surface area contributed by atoms with Crippen LogP contribution < -0.4 is 5.32 Å². The molecule has 2 saturated heterocycles. The summed E-state index contributed by atoms with van der Waals surface area (Å²) in [7, 11) is 0. The Kier molecular flexibility index (Phi) is 2.89. The van der Waals surface area contributed by atoms with Crippen LogP contribution in [0.3, 0.4) is 0 Å². The Morgan fingerprint density at radius 3 is 3.12 bits per heavy atom. The Hall–Kier alpha value is -1.29. The topological polar surface area (TPSA) is 45.5 Å². The minimum Gasteiger partial charge on any atom is -0.459 e. The van der Waals surface area contributed by atoms with Crippen molar-refractivity contribution in [1.82, 2.24) is 10.2 Å². The fourth-order valence-corrected chi connectivity index (χ4v) is 3.06. The van der Waals surface area contributed by atoms with Crippen molar-refractivity contribution in [2.75, 3.05) is 13.1 Å². The summed E-state index contributed by atoms with van der Waals surface area (Å²) in [6.07, 6.45) is 6.40. The zero-order valence-corrected chi connectivity index (χ0v) is 9.89. The molecule has 1 amide bonds. The number of piperidine rings is 1. The molecule has 2 fully saturated rings. The maximum absolute atomic E-state index is 11.9. The molecule has 0 spiro atoms. The number of furan rings is 1. The quantitative estimate of drug-likeness (QED) is 0.846. The minimum absolute atomic E-state index is 0.0765. The maximum atomic E-state index is 11.9. The van der Waals surface area contributed by atoms with Crippen molar-refractivity contribution in [3.8, 4) is 0 Å². The molecule has 3 rings (SSSR count). The summed E-state index contributed by atoms with van der Waals surface area (Å²) < 4.78 is 5.12. The van der Waals surface area contributed by atoms with Crippen LogP contribution >= 0.6 is 0 Å². The highest BCUT2D eigenvalue weighted by molar-refractivity contribution is 5.91. The number of hydrogen-bond acceptors (Lipinski definition) is 3. The van der Waals surface area contributed by atoms with Crippen LogP contribution in [0.25, 0.3) is 0 Å². The van der Waals surface area contributed by atoms with Gasteiger partial charge in [0.05, 0.1) is 6.26 Å². The molecule has 1 N–H and O–H groups in total. The molecule has 92 valence electrons. The molecule has 0 aliphatic carbocycles. The van der Waals surface area contributed by atoms with Crippen molar-refractivity contribution >= 4 is 5.91 Å². The Morgan fingerprint density at radius 2 is 2.29 bits per heavy atom. The number of carbonyl (C=O) groups is 1. The summed E-state index contributed by atoms with van der Waals surface area (Å²) in [5.74, 6) is 0.340. The first kappa shape index (κ1) is 10.8. The molecule has 0 saturated carbocycles. The lowest BCUT2D eigenvalue weighted by Crippen LogP contribution is -2.46. The molecular weight excluding hydrogens is 216 g/mol. The Labute approximate surface area is 101 Å². The molecule has 0 bridgehead atoms. The zero-order valence-electron chi connectivity index (χ0n) is 9.89. The summed E-state index contributed by atoms with van der Waals surface area (Å²) in [6, 6.07) is 4.30. The normalized spacial score (nSPS) is 28.9. The Morgan fingerprint density at radius 1 is 1.35 bits per heavy atom. The highest BCUT2D eigenvalue weighted by Crippen LogP contribution is 2.27. The maximum Gasteiger partial charge on any atom is 0.287 e. The first-order chi connectivity index (χ1) is 8.34. The number of carbonyl (C=O) groups excluding carboxylic acids is 1. The number of rotatable bonds is 2. The minimum atomic E-state index is -0.0765. The van der Waals surface area contributed by atoms with Crippen molar-refractivity contribution in [1.29, 1.82) is 0 Å².